The van der Waals surface area contributed by atoms with E-state index in [1.807, 2.05) is 25.1 Å². The lowest BCUT2D eigenvalue weighted by Crippen LogP contribution is -2.40. The van der Waals surface area contributed by atoms with Crippen molar-refractivity contribution in [2.45, 2.75) is 13.5 Å². The smallest absolute Gasteiger partial charge is 0.317 e. The molecule has 9 nitrogen and oxygen atoms in total. The summed E-state index contributed by atoms with van der Waals surface area (Å²) in [5.41, 5.74) is 2.24. The number of rotatable bonds is 6. The molecule has 0 atom stereocenters. The maximum Gasteiger partial charge on any atom is 0.317 e. The van der Waals surface area contributed by atoms with Crippen LogP contribution >= 0.6 is 0 Å². The summed E-state index contributed by atoms with van der Waals surface area (Å²) in [6.07, 6.45) is 0. The number of hydrogen-bond acceptors (Lipinski definition) is 5. The van der Waals surface area contributed by atoms with Gasteiger partial charge in [-0.05, 0) is 30.7 Å². The Kier molecular flexibility index (Phi) is 4.81. The Labute approximate surface area is 162 Å². The summed E-state index contributed by atoms with van der Waals surface area (Å²) in [7, 11) is 1.76. The monoisotopic (exact) mass is 385 g/mol. The molecule has 0 aliphatic carbocycles. The Morgan fingerprint density at radius 3 is 2.82 bits per heavy atom. The van der Waals surface area contributed by atoms with E-state index in [-0.39, 0.29) is 18.7 Å². The van der Waals surface area contributed by atoms with Gasteiger partial charge in [0.15, 0.2) is 11.5 Å². The van der Waals surface area contributed by atoms with Crippen LogP contribution in [0.5, 0.6) is 11.5 Å². The molecular weight excluding hydrogens is 362 g/mol. The fourth-order valence-corrected chi connectivity index (χ4v) is 3.45. The summed E-state index contributed by atoms with van der Waals surface area (Å²) in [6.45, 7) is 4.64. The van der Waals surface area contributed by atoms with Crippen LogP contribution in [0.25, 0.3) is 0 Å². The quantitative estimate of drug-likeness (QED) is 0.805. The average Bonchev–Trinajstić information content (AvgIpc) is 3.38. The molecule has 1 saturated heterocycles. The van der Waals surface area contributed by atoms with Gasteiger partial charge in [-0.25, -0.2) is 4.79 Å². The number of amides is 3. The number of aryl methyl sites for hydroxylation is 2. The van der Waals surface area contributed by atoms with E-state index < -0.39 is 0 Å². The Bertz CT molecular complexity index is 910. The van der Waals surface area contributed by atoms with Crippen molar-refractivity contribution in [1.29, 1.82) is 0 Å². The molecule has 2 aromatic rings. The number of nitrogens with one attached hydrogen (secondary N) is 1. The van der Waals surface area contributed by atoms with Crippen molar-refractivity contribution in [2.24, 2.45) is 7.05 Å². The SMILES string of the molecule is Cc1cc(C(=O)N(CCN2CCNC2=O)Cc2ccc3c(c2)OCO3)n(C)n1. The van der Waals surface area contributed by atoms with Crippen LogP contribution in [0.15, 0.2) is 24.3 Å². The summed E-state index contributed by atoms with van der Waals surface area (Å²) in [4.78, 5) is 28.5. The Hall–Kier alpha value is -3.23. The molecule has 0 radical (unpaired) electrons. The van der Waals surface area contributed by atoms with Crippen LogP contribution in [0.2, 0.25) is 0 Å². The first-order valence-corrected chi connectivity index (χ1v) is 9.22. The first-order valence-electron chi connectivity index (χ1n) is 9.22. The van der Waals surface area contributed by atoms with E-state index in [4.69, 9.17) is 9.47 Å². The predicted molar refractivity (Wildman–Crippen MR) is 100 cm³/mol. The minimum absolute atomic E-state index is 0.0909. The van der Waals surface area contributed by atoms with Crippen molar-refractivity contribution in [1.82, 2.24) is 24.9 Å². The molecule has 1 N–H and O–H groups in total. The van der Waals surface area contributed by atoms with E-state index in [9.17, 15) is 9.59 Å². The van der Waals surface area contributed by atoms with Crippen LogP contribution in [-0.2, 0) is 13.6 Å². The van der Waals surface area contributed by atoms with Crippen molar-refractivity contribution >= 4 is 11.9 Å². The first-order chi connectivity index (χ1) is 13.5. The van der Waals surface area contributed by atoms with Gasteiger partial charge in [0.1, 0.15) is 5.69 Å². The second kappa shape index (κ2) is 7.41. The number of aromatic nitrogens is 2. The topological polar surface area (TPSA) is 88.9 Å². The third-order valence-electron chi connectivity index (χ3n) is 4.90. The predicted octanol–water partition coefficient (Wildman–Crippen LogP) is 1.12. The largest absolute Gasteiger partial charge is 0.454 e. The van der Waals surface area contributed by atoms with Crippen molar-refractivity contribution in [3.8, 4) is 11.5 Å². The molecule has 0 spiro atoms. The molecule has 0 bridgehead atoms. The third-order valence-corrected chi connectivity index (χ3v) is 4.90. The lowest BCUT2D eigenvalue weighted by Gasteiger charge is -2.25. The maximum atomic E-state index is 13.2. The van der Waals surface area contributed by atoms with Crippen molar-refractivity contribution in [3.63, 3.8) is 0 Å². The molecule has 1 aromatic carbocycles. The van der Waals surface area contributed by atoms with E-state index in [2.05, 4.69) is 10.4 Å². The zero-order valence-electron chi connectivity index (χ0n) is 16.0. The van der Waals surface area contributed by atoms with Gasteiger partial charge in [-0.2, -0.15) is 5.10 Å². The van der Waals surface area contributed by atoms with E-state index in [1.54, 1.807) is 27.6 Å². The highest BCUT2D eigenvalue weighted by Gasteiger charge is 2.24. The molecular formula is C19H23N5O4. The lowest BCUT2D eigenvalue weighted by atomic mass is 10.1. The summed E-state index contributed by atoms with van der Waals surface area (Å²) in [5, 5.41) is 7.06. The molecule has 4 rings (SSSR count). The van der Waals surface area contributed by atoms with Gasteiger partial charge in [0, 0.05) is 39.8 Å². The number of benzene rings is 1. The summed E-state index contributed by atoms with van der Waals surface area (Å²) < 4.78 is 12.4. The van der Waals surface area contributed by atoms with Crippen LogP contribution in [0.4, 0.5) is 4.79 Å². The number of ether oxygens (including phenoxy) is 2. The van der Waals surface area contributed by atoms with Gasteiger partial charge >= 0.3 is 6.03 Å². The van der Waals surface area contributed by atoms with Gasteiger partial charge in [0.05, 0.1) is 5.69 Å². The number of urea groups is 1. The molecule has 0 unspecified atom stereocenters. The minimum Gasteiger partial charge on any atom is -0.454 e. The van der Waals surface area contributed by atoms with E-state index in [0.717, 1.165) is 11.3 Å². The fraction of sp³-hybridized carbons (Fsp3) is 0.421. The molecule has 3 heterocycles. The van der Waals surface area contributed by atoms with Crippen molar-refractivity contribution < 1.29 is 19.1 Å². The third kappa shape index (κ3) is 3.60. The molecule has 148 valence electrons. The van der Waals surface area contributed by atoms with Gasteiger partial charge in [0.2, 0.25) is 6.79 Å². The van der Waals surface area contributed by atoms with Crippen LogP contribution in [0.1, 0.15) is 21.7 Å². The summed E-state index contributed by atoms with van der Waals surface area (Å²) in [5.74, 6) is 1.26. The maximum absolute atomic E-state index is 13.2. The standard InChI is InChI=1S/C19H23N5O4/c1-13-9-15(22(2)21-13)18(25)24(8-7-23-6-5-20-19(23)26)11-14-3-4-16-17(10-14)28-12-27-16/h3-4,9-10H,5-8,11-12H2,1-2H3,(H,20,26). The van der Waals surface area contributed by atoms with Crippen LogP contribution in [0, 0.1) is 6.92 Å². The van der Waals surface area contributed by atoms with Crippen molar-refractivity contribution in [3.05, 3.63) is 41.2 Å². The number of carbonyl (C=O) groups excluding carboxylic acids is 2. The molecule has 0 saturated carbocycles. The lowest BCUT2D eigenvalue weighted by molar-refractivity contribution is 0.0719. The Morgan fingerprint density at radius 2 is 2.11 bits per heavy atom. The first kappa shape index (κ1) is 18.1. The van der Waals surface area contributed by atoms with E-state index in [1.165, 1.54) is 0 Å². The summed E-state index contributed by atoms with van der Waals surface area (Å²) in [6, 6.07) is 7.34. The van der Waals surface area contributed by atoms with Crippen LogP contribution < -0.4 is 14.8 Å². The molecule has 3 amide bonds. The van der Waals surface area contributed by atoms with Crippen LogP contribution in [0.3, 0.4) is 0 Å². The molecule has 2 aliphatic heterocycles. The number of carbonyl (C=O) groups is 2. The van der Waals surface area contributed by atoms with Gasteiger partial charge in [0.25, 0.3) is 5.91 Å². The van der Waals surface area contributed by atoms with E-state index in [0.29, 0.717) is 49.9 Å². The fourth-order valence-electron chi connectivity index (χ4n) is 3.45. The molecule has 9 heteroatoms. The number of fused-ring (bicyclic) bond motifs is 1. The molecule has 1 fully saturated rings. The Morgan fingerprint density at radius 1 is 1.29 bits per heavy atom. The highest BCUT2D eigenvalue weighted by atomic mass is 16.7. The van der Waals surface area contributed by atoms with Gasteiger partial charge in [-0.15, -0.1) is 0 Å². The average molecular weight is 385 g/mol. The zero-order chi connectivity index (χ0) is 19.7. The van der Waals surface area contributed by atoms with Gasteiger partial charge in [-0.3, -0.25) is 9.48 Å². The van der Waals surface area contributed by atoms with Crippen LogP contribution in [-0.4, -0.2) is 64.5 Å². The molecule has 28 heavy (non-hydrogen) atoms. The van der Waals surface area contributed by atoms with Gasteiger partial charge in [-0.1, -0.05) is 6.07 Å². The minimum atomic E-state index is -0.125. The summed E-state index contributed by atoms with van der Waals surface area (Å²) >= 11 is 0. The van der Waals surface area contributed by atoms with Gasteiger partial charge < -0.3 is 24.6 Å². The second-order valence-corrected chi connectivity index (χ2v) is 6.93. The zero-order valence-corrected chi connectivity index (χ0v) is 16.0. The highest BCUT2D eigenvalue weighted by Crippen LogP contribution is 2.32. The second-order valence-electron chi connectivity index (χ2n) is 6.93. The molecule has 2 aliphatic rings. The van der Waals surface area contributed by atoms with E-state index >= 15 is 0 Å². The normalized spacial score (nSPS) is 15.1. The highest BCUT2D eigenvalue weighted by molar-refractivity contribution is 5.92. The van der Waals surface area contributed by atoms with Crippen molar-refractivity contribution in [2.75, 3.05) is 33.0 Å². The Balaban J connectivity index is 1.54. The number of hydrogen-bond donors (Lipinski definition) is 1. The number of nitrogens with zero attached hydrogens (tertiary/aromatic N) is 4. The molecule has 1 aromatic heterocycles.